The van der Waals surface area contributed by atoms with Crippen molar-refractivity contribution in [3.05, 3.63) is 108 Å². The van der Waals surface area contributed by atoms with Gasteiger partial charge in [-0.05, 0) is 53.5 Å². The van der Waals surface area contributed by atoms with Crippen molar-refractivity contribution in [1.82, 2.24) is 40.4 Å². The van der Waals surface area contributed by atoms with E-state index in [-0.39, 0.29) is 18.0 Å². The van der Waals surface area contributed by atoms with Crippen LogP contribution in [0.4, 0.5) is 9.59 Å². The van der Waals surface area contributed by atoms with Gasteiger partial charge in [0.15, 0.2) is 6.29 Å². The van der Waals surface area contributed by atoms with Crippen molar-refractivity contribution in [1.29, 1.82) is 0 Å². The number of aromatic nitrogens is 4. The first-order chi connectivity index (χ1) is 25.8. The number of carbonyl (C=O) groups excluding carboxylic acids is 3. The molecule has 2 aliphatic rings. The average molecular weight is 717 g/mol. The minimum Gasteiger partial charge on any atom is -0.465 e. The van der Waals surface area contributed by atoms with Gasteiger partial charge in [-0.1, -0.05) is 78.9 Å². The van der Waals surface area contributed by atoms with Crippen LogP contribution in [0.25, 0.3) is 33.6 Å². The van der Waals surface area contributed by atoms with Gasteiger partial charge in [0.2, 0.25) is 0 Å². The molecule has 5 aromatic rings. The summed E-state index contributed by atoms with van der Waals surface area (Å²) in [5.74, 6) is 1.17. The summed E-state index contributed by atoms with van der Waals surface area (Å²) in [5, 5.41) is 14.1. The van der Waals surface area contributed by atoms with Crippen molar-refractivity contribution in [3.63, 3.8) is 0 Å². The second-order valence-electron chi connectivity index (χ2n) is 13.1. The number of carboxylic acid groups (broad SMARTS) is 1. The van der Waals surface area contributed by atoms with Crippen molar-refractivity contribution in [2.24, 2.45) is 0 Å². The van der Waals surface area contributed by atoms with E-state index in [0.717, 1.165) is 59.3 Å². The molecule has 53 heavy (non-hydrogen) atoms. The standard InChI is InChI=1S/C39H40N8O6/c1-53-39(52)45-34(28-7-3-2-4-8-28)37(49)47-20-6-10-32(47)36-41-22-30(43-36)27-17-13-25(14-18-27)24-11-15-26(16-12-24)29-21-40-35(42-29)31-9-5-19-46(31)33(23-48)44-38(50)51/h2-4,7-8,11-18,21-23,31-34,44H,5-6,9-10,19-20H2,1H3,(H,40,42)(H,41,43)(H,45,52)(H,50,51)/t31-,32-,33?,34+/m0/s1. The zero-order valence-corrected chi connectivity index (χ0v) is 29.1. The topological polar surface area (TPSA) is 186 Å². The lowest BCUT2D eigenvalue weighted by Gasteiger charge is -2.28. The predicted octanol–water partition coefficient (Wildman–Crippen LogP) is 5.82. The fourth-order valence-corrected chi connectivity index (χ4v) is 7.32. The van der Waals surface area contributed by atoms with Crippen molar-refractivity contribution in [2.45, 2.75) is 50.0 Å². The molecule has 272 valence electrons. The number of nitrogens with zero attached hydrogens (tertiary/aromatic N) is 4. The van der Waals surface area contributed by atoms with Crippen molar-refractivity contribution < 1.29 is 29.0 Å². The highest BCUT2D eigenvalue weighted by Crippen LogP contribution is 2.35. The van der Waals surface area contributed by atoms with Crippen LogP contribution in [-0.4, -0.2) is 85.6 Å². The molecule has 3 amide bonds. The lowest BCUT2D eigenvalue weighted by atomic mass is 10.0. The summed E-state index contributed by atoms with van der Waals surface area (Å²) in [5.41, 5.74) is 6.32. The number of aldehydes is 1. The highest BCUT2D eigenvalue weighted by molar-refractivity contribution is 5.87. The van der Waals surface area contributed by atoms with Gasteiger partial charge in [0, 0.05) is 13.1 Å². The molecule has 2 aliphatic heterocycles. The van der Waals surface area contributed by atoms with Crippen LogP contribution in [0.3, 0.4) is 0 Å². The van der Waals surface area contributed by atoms with E-state index in [4.69, 9.17) is 9.84 Å². The Morgan fingerprint density at radius 1 is 0.792 bits per heavy atom. The number of hydrogen-bond donors (Lipinski definition) is 5. The largest absolute Gasteiger partial charge is 0.465 e. The molecule has 7 rings (SSSR count). The number of carbonyl (C=O) groups is 4. The van der Waals surface area contributed by atoms with E-state index < -0.39 is 24.4 Å². The van der Waals surface area contributed by atoms with Crippen LogP contribution in [0.5, 0.6) is 0 Å². The van der Waals surface area contributed by atoms with Crippen molar-refractivity contribution in [2.75, 3.05) is 20.2 Å². The minimum atomic E-state index is -1.25. The molecule has 2 aromatic heterocycles. The number of amides is 3. The quantitative estimate of drug-likeness (QED) is 0.105. The normalized spacial score (nSPS) is 18.3. The van der Waals surface area contributed by atoms with Crippen LogP contribution in [-0.2, 0) is 14.3 Å². The maximum Gasteiger partial charge on any atom is 0.407 e. The number of H-pyrrole nitrogens is 2. The number of alkyl carbamates (subject to hydrolysis) is 1. The minimum absolute atomic E-state index is 0.198. The fraction of sp³-hybridized carbons (Fsp3) is 0.282. The van der Waals surface area contributed by atoms with Crippen LogP contribution < -0.4 is 10.6 Å². The molecule has 14 nitrogen and oxygen atoms in total. The monoisotopic (exact) mass is 716 g/mol. The lowest BCUT2D eigenvalue weighted by Crippen LogP contribution is -2.48. The molecule has 0 spiro atoms. The number of rotatable bonds is 11. The molecule has 0 bridgehead atoms. The molecule has 1 unspecified atom stereocenters. The van der Waals surface area contributed by atoms with E-state index in [1.807, 2.05) is 71.6 Å². The van der Waals surface area contributed by atoms with Gasteiger partial charge in [0.25, 0.3) is 5.91 Å². The maximum atomic E-state index is 13.8. The third-order valence-corrected chi connectivity index (χ3v) is 9.96. The summed E-state index contributed by atoms with van der Waals surface area (Å²) in [6.07, 6.45) is 4.45. The highest BCUT2D eigenvalue weighted by atomic mass is 16.5. The summed E-state index contributed by atoms with van der Waals surface area (Å²) in [6, 6.07) is 24.1. The Kier molecular flexibility index (Phi) is 10.3. The summed E-state index contributed by atoms with van der Waals surface area (Å²) in [6.45, 7) is 1.14. The zero-order chi connectivity index (χ0) is 36.9. The molecule has 0 saturated carbocycles. The van der Waals surface area contributed by atoms with E-state index in [0.29, 0.717) is 36.6 Å². The number of hydrogen-bond acceptors (Lipinski definition) is 8. The second-order valence-corrected chi connectivity index (χ2v) is 13.1. The first-order valence-electron chi connectivity index (χ1n) is 17.5. The molecule has 0 radical (unpaired) electrons. The Hall–Kier alpha value is -6.28. The molecule has 5 N–H and O–H groups in total. The van der Waals surface area contributed by atoms with Crippen molar-refractivity contribution >= 4 is 24.4 Å². The number of nitrogens with one attached hydrogen (secondary N) is 4. The molecular weight excluding hydrogens is 676 g/mol. The number of benzene rings is 3. The van der Waals surface area contributed by atoms with Gasteiger partial charge in [0.05, 0.1) is 43.0 Å². The first-order valence-corrected chi connectivity index (χ1v) is 17.5. The molecule has 2 saturated heterocycles. The Bertz CT molecular complexity index is 2060. The van der Waals surface area contributed by atoms with E-state index in [1.54, 1.807) is 17.3 Å². The third-order valence-electron chi connectivity index (χ3n) is 9.96. The number of aromatic amines is 2. The summed E-state index contributed by atoms with van der Waals surface area (Å²) in [4.78, 5) is 68.5. The number of methoxy groups -OCH3 is 1. The third kappa shape index (κ3) is 7.53. The van der Waals surface area contributed by atoms with Gasteiger partial charge in [-0.15, -0.1) is 0 Å². The van der Waals surface area contributed by atoms with E-state index in [9.17, 15) is 19.2 Å². The van der Waals surface area contributed by atoms with Gasteiger partial charge < -0.3 is 30.0 Å². The van der Waals surface area contributed by atoms with E-state index in [2.05, 4.69) is 42.7 Å². The first kappa shape index (κ1) is 35.1. The van der Waals surface area contributed by atoms with Gasteiger partial charge in [-0.2, -0.15) is 0 Å². The molecule has 0 aliphatic carbocycles. The fourth-order valence-electron chi connectivity index (χ4n) is 7.32. The highest BCUT2D eigenvalue weighted by Gasteiger charge is 2.37. The number of imidazole rings is 2. The van der Waals surface area contributed by atoms with E-state index in [1.165, 1.54) is 7.11 Å². The van der Waals surface area contributed by atoms with Crippen LogP contribution in [0.15, 0.2) is 91.3 Å². The Morgan fingerprint density at radius 2 is 1.34 bits per heavy atom. The van der Waals surface area contributed by atoms with Gasteiger partial charge in [-0.3, -0.25) is 19.8 Å². The van der Waals surface area contributed by atoms with Crippen LogP contribution in [0.1, 0.15) is 61.0 Å². The molecule has 14 heteroatoms. The maximum absolute atomic E-state index is 13.8. The smallest absolute Gasteiger partial charge is 0.407 e. The molecule has 4 atom stereocenters. The lowest BCUT2D eigenvalue weighted by molar-refractivity contribution is -0.134. The second kappa shape index (κ2) is 15.5. The molecular formula is C39H40N8O6. The van der Waals surface area contributed by atoms with Crippen LogP contribution >= 0.6 is 0 Å². The van der Waals surface area contributed by atoms with E-state index >= 15 is 0 Å². The van der Waals surface area contributed by atoms with Gasteiger partial charge >= 0.3 is 12.2 Å². The van der Waals surface area contributed by atoms with Crippen LogP contribution in [0.2, 0.25) is 0 Å². The molecule has 2 fully saturated rings. The molecule has 3 aromatic carbocycles. The summed E-state index contributed by atoms with van der Waals surface area (Å²) in [7, 11) is 1.27. The van der Waals surface area contributed by atoms with Gasteiger partial charge in [-0.25, -0.2) is 19.6 Å². The molecule has 4 heterocycles. The van der Waals surface area contributed by atoms with Crippen LogP contribution in [0, 0.1) is 0 Å². The number of likely N-dealkylation sites (tertiary alicyclic amines) is 2. The van der Waals surface area contributed by atoms with Gasteiger partial charge in [0.1, 0.15) is 23.9 Å². The SMILES string of the molecule is COC(=O)N[C@@H](C(=O)N1CCC[C@H]1c1ncc(-c2ccc(-c3ccc(-c4cnc([C@@H]5CCCN5C(C=O)NC(=O)O)[nH]4)cc3)cc2)[nH]1)c1ccccc1. The average Bonchev–Trinajstić information content (AvgIpc) is 4.03. The number of ether oxygens (including phenoxy) is 1. The summed E-state index contributed by atoms with van der Waals surface area (Å²) < 4.78 is 4.81. The zero-order valence-electron chi connectivity index (χ0n) is 29.1. The van der Waals surface area contributed by atoms with Crippen molar-refractivity contribution in [3.8, 4) is 33.6 Å². The summed E-state index contributed by atoms with van der Waals surface area (Å²) >= 11 is 0. The Balaban J connectivity index is 1.02. The Morgan fingerprint density at radius 3 is 1.91 bits per heavy atom. The predicted molar refractivity (Wildman–Crippen MR) is 195 cm³/mol. The Labute approximate surface area is 305 Å².